The molecule has 0 bridgehead atoms. The number of anilines is 2. The Hall–Kier alpha value is -3.39. The molecule has 0 saturated carbocycles. The molecule has 8 nitrogen and oxygen atoms in total. The Balaban J connectivity index is 1.32. The molecule has 1 fully saturated rings. The number of benzene rings is 2. The van der Waals surface area contributed by atoms with Gasteiger partial charge in [-0.15, -0.1) is 10.2 Å². The van der Waals surface area contributed by atoms with Gasteiger partial charge in [0.05, 0.1) is 18.7 Å². The standard InChI is InChI=1S/C25H26ClN5O3/c1-34-21-10-9-18(26)14-20(21)31-15-17(13-23(31)32)25(33)27-19-7-5-6-16(12-19)24-29-28-22-8-3-2-4-11-30(22)24/h5-7,9-10,12,14,17H,2-4,8,11,13,15H2,1H3,(H,27,33)/t17-/m0/s1. The number of halogens is 1. The van der Waals surface area contributed by atoms with Gasteiger partial charge in [-0.1, -0.05) is 30.2 Å². The van der Waals surface area contributed by atoms with Crippen molar-refractivity contribution >= 4 is 34.8 Å². The first-order chi connectivity index (χ1) is 16.5. The lowest BCUT2D eigenvalue weighted by molar-refractivity contribution is -0.122. The fourth-order valence-corrected chi connectivity index (χ4v) is 4.84. The molecule has 9 heteroatoms. The van der Waals surface area contributed by atoms with Gasteiger partial charge in [-0.3, -0.25) is 9.59 Å². The number of nitrogens with zero attached hydrogens (tertiary/aromatic N) is 4. The number of nitrogens with one attached hydrogen (secondary N) is 1. The number of carbonyl (C=O) groups is 2. The molecule has 0 radical (unpaired) electrons. The summed E-state index contributed by atoms with van der Waals surface area (Å²) < 4.78 is 7.56. The van der Waals surface area contributed by atoms with Crippen LogP contribution in [0.3, 0.4) is 0 Å². The van der Waals surface area contributed by atoms with E-state index in [4.69, 9.17) is 16.3 Å². The maximum absolute atomic E-state index is 13.1. The molecule has 0 aliphatic carbocycles. The summed E-state index contributed by atoms with van der Waals surface area (Å²) in [5.41, 5.74) is 2.15. The van der Waals surface area contributed by atoms with Gasteiger partial charge in [0.25, 0.3) is 0 Å². The van der Waals surface area contributed by atoms with Gasteiger partial charge in [0.15, 0.2) is 5.82 Å². The number of hydrogen-bond acceptors (Lipinski definition) is 5. The summed E-state index contributed by atoms with van der Waals surface area (Å²) >= 11 is 6.13. The lowest BCUT2D eigenvalue weighted by Gasteiger charge is -2.20. The number of amides is 2. The van der Waals surface area contributed by atoms with Crippen molar-refractivity contribution in [3.63, 3.8) is 0 Å². The lowest BCUT2D eigenvalue weighted by atomic mass is 10.1. The van der Waals surface area contributed by atoms with Crippen LogP contribution in [-0.2, 0) is 22.6 Å². The third-order valence-electron chi connectivity index (χ3n) is 6.43. The van der Waals surface area contributed by atoms with Crippen LogP contribution in [0.2, 0.25) is 5.02 Å². The predicted octanol–water partition coefficient (Wildman–Crippen LogP) is 4.33. The second-order valence-corrected chi connectivity index (χ2v) is 9.13. The molecule has 3 aromatic rings. The van der Waals surface area contributed by atoms with E-state index in [0.29, 0.717) is 22.1 Å². The highest BCUT2D eigenvalue weighted by atomic mass is 35.5. The van der Waals surface area contributed by atoms with E-state index in [1.54, 1.807) is 30.2 Å². The molecule has 5 rings (SSSR count). The molecule has 2 aliphatic heterocycles. The average Bonchev–Trinajstić information content (AvgIpc) is 3.34. The van der Waals surface area contributed by atoms with Crippen LogP contribution in [0.1, 0.15) is 31.5 Å². The quantitative estimate of drug-likeness (QED) is 0.588. The van der Waals surface area contributed by atoms with Gasteiger partial charge in [-0.05, 0) is 43.2 Å². The van der Waals surface area contributed by atoms with E-state index in [-0.39, 0.29) is 24.8 Å². The average molecular weight is 480 g/mol. The summed E-state index contributed by atoms with van der Waals surface area (Å²) in [5.74, 6) is 1.56. The predicted molar refractivity (Wildman–Crippen MR) is 130 cm³/mol. The first-order valence-corrected chi connectivity index (χ1v) is 11.9. The SMILES string of the molecule is COc1ccc(Cl)cc1N1C[C@@H](C(=O)Nc2cccc(-c3nnc4n3CCCCC4)c2)CC1=O. The third kappa shape index (κ3) is 4.37. The number of aromatic nitrogens is 3. The van der Waals surface area contributed by atoms with E-state index in [0.717, 1.165) is 43.0 Å². The van der Waals surface area contributed by atoms with Gasteiger partial charge in [0.2, 0.25) is 11.8 Å². The summed E-state index contributed by atoms with van der Waals surface area (Å²) in [6, 6.07) is 12.7. The number of rotatable bonds is 5. The minimum atomic E-state index is -0.482. The molecule has 2 aromatic carbocycles. The molecule has 1 N–H and O–H groups in total. The molecule has 2 amide bonds. The minimum Gasteiger partial charge on any atom is -0.495 e. The molecule has 0 spiro atoms. The molecular formula is C25H26ClN5O3. The number of aryl methyl sites for hydroxylation is 1. The smallest absolute Gasteiger partial charge is 0.229 e. The van der Waals surface area contributed by atoms with Gasteiger partial charge >= 0.3 is 0 Å². The maximum atomic E-state index is 13.1. The van der Waals surface area contributed by atoms with Crippen molar-refractivity contribution in [3.8, 4) is 17.1 Å². The van der Waals surface area contributed by atoms with Crippen LogP contribution in [0.25, 0.3) is 11.4 Å². The Morgan fingerprint density at radius 3 is 2.88 bits per heavy atom. The Bertz CT molecular complexity index is 1240. The topological polar surface area (TPSA) is 89.3 Å². The molecule has 0 unspecified atom stereocenters. The lowest BCUT2D eigenvalue weighted by Crippen LogP contribution is -2.28. The van der Waals surface area contributed by atoms with Gasteiger partial charge < -0.3 is 19.5 Å². The van der Waals surface area contributed by atoms with Crippen molar-refractivity contribution in [1.82, 2.24) is 14.8 Å². The summed E-state index contributed by atoms with van der Waals surface area (Å²) in [7, 11) is 1.54. The molecule has 1 aromatic heterocycles. The maximum Gasteiger partial charge on any atom is 0.229 e. The molecule has 34 heavy (non-hydrogen) atoms. The van der Waals surface area contributed by atoms with Crippen LogP contribution in [0.5, 0.6) is 5.75 Å². The number of ether oxygens (including phenoxy) is 1. The molecule has 3 heterocycles. The zero-order valence-electron chi connectivity index (χ0n) is 19.0. The summed E-state index contributed by atoms with van der Waals surface area (Å²) in [6.45, 7) is 1.17. The zero-order chi connectivity index (χ0) is 23.7. The largest absolute Gasteiger partial charge is 0.495 e. The number of fused-ring (bicyclic) bond motifs is 1. The van der Waals surface area contributed by atoms with Crippen LogP contribution in [0.15, 0.2) is 42.5 Å². The van der Waals surface area contributed by atoms with E-state index >= 15 is 0 Å². The third-order valence-corrected chi connectivity index (χ3v) is 6.66. The fraction of sp³-hybridized carbons (Fsp3) is 0.360. The van der Waals surface area contributed by atoms with Crippen LogP contribution in [0.4, 0.5) is 11.4 Å². The van der Waals surface area contributed by atoms with Crippen LogP contribution in [0, 0.1) is 5.92 Å². The van der Waals surface area contributed by atoms with Crippen LogP contribution in [-0.4, -0.2) is 40.2 Å². The van der Waals surface area contributed by atoms with Gasteiger partial charge in [0, 0.05) is 42.2 Å². The van der Waals surface area contributed by atoms with Crippen molar-refractivity contribution in [2.75, 3.05) is 23.9 Å². The van der Waals surface area contributed by atoms with Crippen LogP contribution < -0.4 is 15.0 Å². The summed E-state index contributed by atoms with van der Waals surface area (Å²) in [5, 5.41) is 12.3. The minimum absolute atomic E-state index is 0.124. The monoisotopic (exact) mass is 479 g/mol. The van der Waals surface area contributed by atoms with Crippen molar-refractivity contribution in [1.29, 1.82) is 0 Å². The van der Waals surface area contributed by atoms with Crippen molar-refractivity contribution in [3.05, 3.63) is 53.3 Å². The Labute approximate surface area is 202 Å². The van der Waals surface area contributed by atoms with E-state index in [1.807, 2.05) is 24.3 Å². The van der Waals surface area contributed by atoms with Crippen molar-refractivity contribution in [2.24, 2.45) is 5.92 Å². The van der Waals surface area contributed by atoms with Gasteiger partial charge in [-0.2, -0.15) is 0 Å². The van der Waals surface area contributed by atoms with E-state index in [2.05, 4.69) is 20.1 Å². The van der Waals surface area contributed by atoms with E-state index in [1.165, 1.54) is 6.42 Å². The molecular weight excluding hydrogens is 454 g/mol. The normalized spacial score (nSPS) is 17.9. The number of hydrogen-bond donors (Lipinski definition) is 1. The number of carbonyl (C=O) groups excluding carboxylic acids is 2. The van der Waals surface area contributed by atoms with Gasteiger partial charge in [0.1, 0.15) is 11.6 Å². The molecule has 1 saturated heterocycles. The molecule has 2 aliphatic rings. The summed E-state index contributed by atoms with van der Waals surface area (Å²) in [6.07, 6.45) is 4.49. The highest BCUT2D eigenvalue weighted by molar-refractivity contribution is 6.31. The highest BCUT2D eigenvalue weighted by Crippen LogP contribution is 2.35. The second kappa shape index (κ2) is 9.46. The van der Waals surface area contributed by atoms with Crippen LogP contribution >= 0.6 is 11.6 Å². The zero-order valence-corrected chi connectivity index (χ0v) is 19.7. The summed E-state index contributed by atoms with van der Waals surface area (Å²) in [4.78, 5) is 27.3. The molecule has 1 atom stereocenters. The van der Waals surface area contributed by atoms with E-state index < -0.39 is 5.92 Å². The fourth-order valence-electron chi connectivity index (χ4n) is 4.67. The Morgan fingerprint density at radius 2 is 2.03 bits per heavy atom. The Kier molecular flexibility index (Phi) is 6.24. The second-order valence-electron chi connectivity index (χ2n) is 8.69. The first-order valence-electron chi connectivity index (χ1n) is 11.5. The van der Waals surface area contributed by atoms with Gasteiger partial charge in [-0.25, -0.2) is 0 Å². The number of methoxy groups -OCH3 is 1. The van der Waals surface area contributed by atoms with E-state index in [9.17, 15) is 9.59 Å². The highest BCUT2D eigenvalue weighted by Gasteiger charge is 2.36. The van der Waals surface area contributed by atoms with Crippen molar-refractivity contribution in [2.45, 2.75) is 38.6 Å². The molecule has 176 valence electrons. The first kappa shape index (κ1) is 22.4. The van der Waals surface area contributed by atoms with Crippen molar-refractivity contribution < 1.29 is 14.3 Å². The Morgan fingerprint density at radius 1 is 1.15 bits per heavy atom.